The van der Waals surface area contributed by atoms with Crippen molar-refractivity contribution >= 4 is 33.3 Å². The summed E-state index contributed by atoms with van der Waals surface area (Å²) in [5, 5.41) is 14.3. The van der Waals surface area contributed by atoms with Crippen LogP contribution in [0.3, 0.4) is 0 Å². The van der Waals surface area contributed by atoms with Gasteiger partial charge in [-0.05, 0) is 31.2 Å². The van der Waals surface area contributed by atoms with Crippen LogP contribution in [0.1, 0.15) is 19.2 Å². The highest BCUT2D eigenvalue weighted by Gasteiger charge is 2.06. The molecule has 0 unspecified atom stereocenters. The number of nitrogens with one attached hydrogen (secondary N) is 2. The van der Waals surface area contributed by atoms with Crippen LogP contribution in [0.4, 0.5) is 11.7 Å². The van der Waals surface area contributed by atoms with Crippen molar-refractivity contribution in [3.8, 4) is 0 Å². The van der Waals surface area contributed by atoms with Crippen molar-refractivity contribution in [3.05, 3.63) is 29.6 Å². The largest absolute Gasteiger partial charge is 0.406 e. The minimum atomic E-state index is 0.405. The standard InChI is InChI=1S/C13H15N5OS/c1-2-5-14-7-12-17-18-13(19-12)16-9-3-4-10-11(6-9)20-8-15-10/h3-4,6,8,14H,2,5,7H2,1H3,(H,16,18). The molecule has 0 aliphatic rings. The van der Waals surface area contributed by atoms with E-state index in [2.05, 4.69) is 32.7 Å². The SMILES string of the molecule is CCCNCc1nnc(Nc2ccc3ncsc3c2)o1. The van der Waals surface area contributed by atoms with Gasteiger partial charge in [0.2, 0.25) is 5.89 Å². The summed E-state index contributed by atoms with van der Waals surface area (Å²) in [6.45, 7) is 3.65. The predicted octanol–water partition coefficient (Wildman–Crippen LogP) is 2.92. The highest BCUT2D eigenvalue weighted by atomic mass is 32.1. The molecule has 3 rings (SSSR count). The van der Waals surface area contributed by atoms with Gasteiger partial charge in [0, 0.05) is 5.69 Å². The average molecular weight is 289 g/mol. The lowest BCUT2D eigenvalue weighted by molar-refractivity contribution is 0.479. The molecule has 0 radical (unpaired) electrons. The number of hydrogen-bond donors (Lipinski definition) is 2. The summed E-state index contributed by atoms with van der Waals surface area (Å²) in [6.07, 6.45) is 1.08. The van der Waals surface area contributed by atoms with E-state index in [4.69, 9.17) is 4.42 Å². The molecule has 2 heterocycles. The van der Waals surface area contributed by atoms with E-state index in [1.54, 1.807) is 11.3 Å². The Balaban J connectivity index is 1.67. The fourth-order valence-corrected chi connectivity index (χ4v) is 2.52. The van der Waals surface area contributed by atoms with Crippen molar-refractivity contribution in [2.75, 3.05) is 11.9 Å². The molecular weight excluding hydrogens is 274 g/mol. The van der Waals surface area contributed by atoms with Gasteiger partial charge >= 0.3 is 6.01 Å². The molecule has 0 fully saturated rings. The minimum absolute atomic E-state index is 0.405. The molecule has 20 heavy (non-hydrogen) atoms. The fourth-order valence-electron chi connectivity index (χ4n) is 1.80. The van der Waals surface area contributed by atoms with Gasteiger partial charge in [-0.15, -0.1) is 16.4 Å². The lowest BCUT2D eigenvalue weighted by Crippen LogP contribution is -2.13. The summed E-state index contributed by atoms with van der Waals surface area (Å²) in [6, 6.07) is 6.34. The highest BCUT2D eigenvalue weighted by Crippen LogP contribution is 2.23. The number of thiazole rings is 1. The van der Waals surface area contributed by atoms with E-state index in [-0.39, 0.29) is 0 Å². The van der Waals surface area contributed by atoms with E-state index < -0.39 is 0 Å². The zero-order valence-electron chi connectivity index (χ0n) is 11.1. The molecule has 3 aromatic rings. The van der Waals surface area contributed by atoms with Crippen molar-refractivity contribution in [1.82, 2.24) is 20.5 Å². The molecular formula is C13H15N5OS. The van der Waals surface area contributed by atoms with Gasteiger partial charge < -0.3 is 15.1 Å². The Hall–Kier alpha value is -1.99. The number of aromatic nitrogens is 3. The first kappa shape index (κ1) is 13.0. The van der Waals surface area contributed by atoms with E-state index >= 15 is 0 Å². The van der Waals surface area contributed by atoms with Crippen LogP contribution >= 0.6 is 11.3 Å². The lowest BCUT2D eigenvalue weighted by Gasteiger charge is -2.00. The molecule has 7 heteroatoms. The third-order valence-corrected chi connectivity index (χ3v) is 3.54. The molecule has 1 aromatic carbocycles. The second-order valence-electron chi connectivity index (χ2n) is 4.34. The molecule has 0 bridgehead atoms. The van der Waals surface area contributed by atoms with Crippen LogP contribution in [0.5, 0.6) is 0 Å². The van der Waals surface area contributed by atoms with Gasteiger partial charge in [0.1, 0.15) is 0 Å². The maximum atomic E-state index is 5.52. The molecule has 0 atom stereocenters. The number of rotatable bonds is 6. The van der Waals surface area contributed by atoms with Crippen molar-refractivity contribution in [2.45, 2.75) is 19.9 Å². The van der Waals surface area contributed by atoms with E-state index in [1.807, 2.05) is 23.7 Å². The van der Waals surface area contributed by atoms with Crippen LogP contribution in [0.25, 0.3) is 10.2 Å². The van der Waals surface area contributed by atoms with E-state index in [0.717, 1.165) is 28.9 Å². The maximum Gasteiger partial charge on any atom is 0.320 e. The summed E-state index contributed by atoms with van der Waals surface area (Å²) in [7, 11) is 0. The van der Waals surface area contributed by atoms with Crippen LogP contribution in [0, 0.1) is 0 Å². The highest BCUT2D eigenvalue weighted by molar-refractivity contribution is 7.16. The monoisotopic (exact) mass is 289 g/mol. The second kappa shape index (κ2) is 5.98. The molecule has 0 aliphatic heterocycles. The van der Waals surface area contributed by atoms with Gasteiger partial charge in [0.05, 0.1) is 22.3 Å². The van der Waals surface area contributed by atoms with Gasteiger partial charge in [-0.25, -0.2) is 4.98 Å². The quantitative estimate of drug-likeness (QED) is 0.680. The Kier molecular flexibility index (Phi) is 3.89. The topological polar surface area (TPSA) is 75.9 Å². The zero-order chi connectivity index (χ0) is 13.8. The van der Waals surface area contributed by atoms with E-state index in [0.29, 0.717) is 18.5 Å². The normalized spacial score (nSPS) is 11.1. The van der Waals surface area contributed by atoms with Crippen LogP contribution in [-0.2, 0) is 6.54 Å². The number of fused-ring (bicyclic) bond motifs is 1. The van der Waals surface area contributed by atoms with Crippen LogP contribution < -0.4 is 10.6 Å². The summed E-state index contributed by atoms with van der Waals surface area (Å²) < 4.78 is 6.64. The van der Waals surface area contributed by atoms with Crippen molar-refractivity contribution < 1.29 is 4.42 Å². The Morgan fingerprint density at radius 1 is 1.30 bits per heavy atom. The average Bonchev–Trinajstić information content (AvgIpc) is 3.08. The van der Waals surface area contributed by atoms with E-state index in [1.165, 1.54) is 0 Å². The third-order valence-electron chi connectivity index (χ3n) is 2.75. The van der Waals surface area contributed by atoms with Crippen molar-refractivity contribution in [3.63, 3.8) is 0 Å². The van der Waals surface area contributed by atoms with Gasteiger partial charge in [-0.1, -0.05) is 12.0 Å². The first-order chi connectivity index (χ1) is 9.85. The van der Waals surface area contributed by atoms with Crippen LogP contribution in [-0.4, -0.2) is 21.7 Å². The fraction of sp³-hybridized carbons (Fsp3) is 0.308. The number of anilines is 2. The third kappa shape index (κ3) is 2.94. The minimum Gasteiger partial charge on any atom is -0.406 e. The molecule has 2 aromatic heterocycles. The molecule has 0 spiro atoms. The molecule has 0 aliphatic carbocycles. The molecule has 6 nitrogen and oxygen atoms in total. The number of hydrogen-bond acceptors (Lipinski definition) is 7. The molecule has 0 saturated heterocycles. The molecule has 0 saturated carbocycles. The summed E-state index contributed by atoms with van der Waals surface area (Å²) >= 11 is 1.60. The van der Waals surface area contributed by atoms with Gasteiger partial charge in [-0.3, -0.25) is 0 Å². The van der Waals surface area contributed by atoms with Crippen LogP contribution in [0.15, 0.2) is 28.1 Å². The first-order valence-corrected chi connectivity index (χ1v) is 7.36. The van der Waals surface area contributed by atoms with Gasteiger partial charge in [0.25, 0.3) is 0 Å². The Bertz CT molecular complexity index is 693. The molecule has 104 valence electrons. The summed E-state index contributed by atoms with van der Waals surface area (Å²) in [5.41, 5.74) is 3.74. The van der Waals surface area contributed by atoms with Gasteiger partial charge in [-0.2, -0.15) is 0 Å². The Labute approximate surface area is 120 Å². The van der Waals surface area contributed by atoms with Crippen LogP contribution in [0.2, 0.25) is 0 Å². The van der Waals surface area contributed by atoms with Crippen molar-refractivity contribution in [2.24, 2.45) is 0 Å². The Morgan fingerprint density at radius 3 is 3.15 bits per heavy atom. The Morgan fingerprint density at radius 2 is 2.25 bits per heavy atom. The smallest absolute Gasteiger partial charge is 0.320 e. The molecule has 0 amide bonds. The van der Waals surface area contributed by atoms with E-state index in [9.17, 15) is 0 Å². The van der Waals surface area contributed by atoms with Crippen molar-refractivity contribution in [1.29, 1.82) is 0 Å². The summed E-state index contributed by atoms with van der Waals surface area (Å²) in [5.74, 6) is 0.583. The zero-order valence-corrected chi connectivity index (χ0v) is 11.9. The molecule has 2 N–H and O–H groups in total. The summed E-state index contributed by atoms with van der Waals surface area (Å²) in [4.78, 5) is 4.24. The number of nitrogens with zero attached hydrogens (tertiary/aromatic N) is 3. The maximum absolute atomic E-state index is 5.52. The predicted molar refractivity (Wildman–Crippen MR) is 79.2 cm³/mol. The lowest BCUT2D eigenvalue weighted by atomic mass is 10.3. The van der Waals surface area contributed by atoms with Gasteiger partial charge in [0.15, 0.2) is 0 Å². The first-order valence-electron chi connectivity index (χ1n) is 6.48. The number of benzene rings is 1. The second-order valence-corrected chi connectivity index (χ2v) is 5.22.